The molecule has 106 valence electrons. The van der Waals surface area contributed by atoms with Crippen molar-refractivity contribution in [1.29, 1.82) is 0 Å². The SMILES string of the molecule is CC(C)COc1ccccc1N(C(N)=O)c1nccs1. The molecule has 2 rings (SSSR count). The maximum atomic E-state index is 11.7. The lowest BCUT2D eigenvalue weighted by molar-refractivity contribution is 0.254. The number of ether oxygens (including phenoxy) is 1. The third kappa shape index (κ3) is 3.27. The number of primary amides is 1. The number of carbonyl (C=O) groups is 1. The topological polar surface area (TPSA) is 68.5 Å². The van der Waals surface area contributed by atoms with E-state index in [-0.39, 0.29) is 0 Å². The van der Waals surface area contributed by atoms with Crippen LogP contribution in [0.2, 0.25) is 0 Å². The third-order valence-electron chi connectivity index (χ3n) is 2.51. The third-order valence-corrected chi connectivity index (χ3v) is 3.27. The summed E-state index contributed by atoms with van der Waals surface area (Å²) in [5.74, 6) is 1.01. The summed E-state index contributed by atoms with van der Waals surface area (Å²) in [6.45, 7) is 4.70. The summed E-state index contributed by atoms with van der Waals surface area (Å²) in [5.41, 5.74) is 6.09. The van der Waals surface area contributed by atoms with Gasteiger partial charge in [0.1, 0.15) is 5.75 Å². The molecule has 0 bridgehead atoms. The molecule has 2 N–H and O–H groups in total. The van der Waals surface area contributed by atoms with Crippen molar-refractivity contribution in [3.63, 3.8) is 0 Å². The highest BCUT2D eigenvalue weighted by molar-refractivity contribution is 7.13. The molecule has 1 aromatic heterocycles. The van der Waals surface area contributed by atoms with Crippen molar-refractivity contribution in [3.8, 4) is 5.75 Å². The average Bonchev–Trinajstić information content (AvgIpc) is 2.91. The molecule has 0 atom stereocenters. The number of para-hydroxylation sites is 2. The number of anilines is 2. The molecule has 1 aromatic carbocycles. The number of nitrogens with two attached hydrogens (primary N) is 1. The fourth-order valence-electron chi connectivity index (χ4n) is 1.66. The normalized spacial score (nSPS) is 10.6. The maximum Gasteiger partial charge on any atom is 0.325 e. The minimum atomic E-state index is -0.583. The quantitative estimate of drug-likeness (QED) is 0.918. The molecular formula is C14H17N3O2S. The molecule has 0 spiro atoms. The zero-order valence-electron chi connectivity index (χ0n) is 11.4. The van der Waals surface area contributed by atoms with Crippen molar-refractivity contribution in [1.82, 2.24) is 4.98 Å². The Morgan fingerprint density at radius 2 is 2.20 bits per heavy atom. The molecule has 0 saturated heterocycles. The second kappa shape index (κ2) is 6.38. The van der Waals surface area contributed by atoms with Crippen molar-refractivity contribution in [2.45, 2.75) is 13.8 Å². The van der Waals surface area contributed by atoms with E-state index in [1.165, 1.54) is 16.2 Å². The van der Waals surface area contributed by atoms with Gasteiger partial charge in [-0.1, -0.05) is 26.0 Å². The molecule has 0 saturated carbocycles. The Morgan fingerprint density at radius 3 is 2.80 bits per heavy atom. The van der Waals surface area contributed by atoms with Crippen LogP contribution in [0, 0.1) is 5.92 Å². The lowest BCUT2D eigenvalue weighted by Crippen LogP contribution is -2.31. The van der Waals surface area contributed by atoms with Crippen LogP contribution in [0.15, 0.2) is 35.8 Å². The van der Waals surface area contributed by atoms with E-state index in [1.54, 1.807) is 17.6 Å². The number of rotatable bonds is 5. The zero-order chi connectivity index (χ0) is 14.5. The number of urea groups is 1. The van der Waals surface area contributed by atoms with Gasteiger partial charge >= 0.3 is 6.03 Å². The first-order valence-corrected chi connectivity index (χ1v) is 7.18. The molecule has 0 aliphatic heterocycles. The van der Waals surface area contributed by atoms with Gasteiger partial charge in [0.15, 0.2) is 5.13 Å². The van der Waals surface area contributed by atoms with E-state index in [4.69, 9.17) is 10.5 Å². The van der Waals surface area contributed by atoms with Crippen LogP contribution in [0.1, 0.15) is 13.8 Å². The number of thiazole rings is 1. The number of hydrogen-bond acceptors (Lipinski definition) is 4. The van der Waals surface area contributed by atoms with Gasteiger partial charge in [-0.05, 0) is 18.1 Å². The molecule has 2 amide bonds. The first kappa shape index (κ1) is 14.3. The van der Waals surface area contributed by atoms with Crippen LogP contribution in [0.5, 0.6) is 5.75 Å². The summed E-state index contributed by atoms with van der Waals surface area (Å²) in [6, 6.07) is 6.73. The molecule has 0 aliphatic rings. The number of aromatic nitrogens is 1. The van der Waals surface area contributed by atoms with E-state index in [1.807, 2.05) is 18.2 Å². The van der Waals surface area contributed by atoms with Crippen LogP contribution in [0.4, 0.5) is 15.6 Å². The van der Waals surface area contributed by atoms with E-state index in [0.717, 1.165) is 0 Å². The molecule has 0 radical (unpaired) electrons. The van der Waals surface area contributed by atoms with Crippen LogP contribution < -0.4 is 15.4 Å². The molecule has 0 aliphatic carbocycles. The van der Waals surface area contributed by atoms with Crippen molar-refractivity contribution in [2.24, 2.45) is 11.7 Å². The van der Waals surface area contributed by atoms with Gasteiger partial charge in [-0.3, -0.25) is 0 Å². The number of benzene rings is 1. The van der Waals surface area contributed by atoms with Crippen molar-refractivity contribution in [2.75, 3.05) is 11.5 Å². The van der Waals surface area contributed by atoms with Gasteiger partial charge in [0.05, 0.1) is 12.3 Å². The van der Waals surface area contributed by atoms with Crippen molar-refractivity contribution in [3.05, 3.63) is 35.8 Å². The molecule has 1 heterocycles. The Hall–Kier alpha value is -2.08. The van der Waals surface area contributed by atoms with Gasteiger partial charge in [-0.2, -0.15) is 0 Å². The van der Waals surface area contributed by atoms with Crippen molar-refractivity contribution < 1.29 is 9.53 Å². The summed E-state index contributed by atoms with van der Waals surface area (Å²) in [5, 5.41) is 2.32. The largest absolute Gasteiger partial charge is 0.491 e. The molecular weight excluding hydrogens is 274 g/mol. The number of amides is 2. The number of nitrogens with zero attached hydrogens (tertiary/aromatic N) is 2. The molecule has 0 unspecified atom stereocenters. The molecule has 2 aromatic rings. The van der Waals surface area contributed by atoms with Gasteiger partial charge in [0.2, 0.25) is 0 Å². The van der Waals surface area contributed by atoms with Crippen LogP contribution in [-0.2, 0) is 0 Å². The minimum Gasteiger partial charge on any atom is -0.491 e. The van der Waals surface area contributed by atoms with Gasteiger partial charge in [0.25, 0.3) is 0 Å². The zero-order valence-corrected chi connectivity index (χ0v) is 12.3. The monoisotopic (exact) mass is 291 g/mol. The Morgan fingerprint density at radius 1 is 1.45 bits per heavy atom. The first-order chi connectivity index (χ1) is 9.59. The summed E-state index contributed by atoms with van der Waals surface area (Å²) >= 11 is 1.35. The number of hydrogen-bond donors (Lipinski definition) is 1. The Kier molecular flexibility index (Phi) is 4.57. The fourth-order valence-corrected chi connectivity index (χ4v) is 2.32. The molecule has 20 heavy (non-hydrogen) atoms. The lowest BCUT2D eigenvalue weighted by atomic mass is 10.2. The highest BCUT2D eigenvalue weighted by Gasteiger charge is 2.21. The van der Waals surface area contributed by atoms with E-state index in [2.05, 4.69) is 18.8 Å². The van der Waals surface area contributed by atoms with Gasteiger partial charge in [-0.15, -0.1) is 11.3 Å². The van der Waals surface area contributed by atoms with E-state index >= 15 is 0 Å². The summed E-state index contributed by atoms with van der Waals surface area (Å²) in [7, 11) is 0. The van der Waals surface area contributed by atoms with Gasteiger partial charge < -0.3 is 10.5 Å². The minimum absolute atomic E-state index is 0.393. The van der Waals surface area contributed by atoms with Crippen LogP contribution >= 0.6 is 11.3 Å². The van der Waals surface area contributed by atoms with Gasteiger partial charge in [-0.25, -0.2) is 14.7 Å². The van der Waals surface area contributed by atoms with Gasteiger partial charge in [0, 0.05) is 11.6 Å². The van der Waals surface area contributed by atoms with Crippen LogP contribution in [0.3, 0.4) is 0 Å². The predicted octanol–water partition coefficient (Wildman–Crippen LogP) is 3.39. The lowest BCUT2D eigenvalue weighted by Gasteiger charge is -2.21. The summed E-state index contributed by atoms with van der Waals surface area (Å²) in [6.07, 6.45) is 1.63. The van der Waals surface area contributed by atoms with Crippen LogP contribution in [0.25, 0.3) is 0 Å². The molecule has 5 nitrogen and oxygen atoms in total. The van der Waals surface area contributed by atoms with E-state index in [9.17, 15) is 4.79 Å². The maximum absolute atomic E-state index is 11.7. The van der Waals surface area contributed by atoms with Crippen molar-refractivity contribution >= 4 is 28.2 Å². The van der Waals surface area contributed by atoms with Crippen LogP contribution in [-0.4, -0.2) is 17.6 Å². The fraction of sp³-hybridized carbons (Fsp3) is 0.286. The highest BCUT2D eigenvalue weighted by atomic mass is 32.1. The number of carbonyl (C=O) groups excluding carboxylic acids is 1. The highest BCUT2D eigenvalue weighted by Crippen LogP contribution is 2.34. The average molecular weight is 291 g/mol. The Balaban J connectivity index is 2.36. The summed E-state index contributed by atoms with van der Waals surface area (Å²) in [4.78, 5) is 17.2. The van der Waals surface area contributed by atoms with E-state index in [0.29, 0.717) is 29.1 Å². The molecule has 6 heteroatoms. The molecule has 0 fully saturated rings. The Bertz CT molecular complexity index is 570. The predicted molar refractivity (Wildman–Crippen MR) is 80.6 cm³/mol. The standard InChI is InChI=1S/C14H17N3O2S/c1-10(2)9-19-12-6-4-3-5-11(12)17(13(15)18)14-16-7-8-20-14/h3-8,10H,9H2,1-2H3,(H2,15,18). The summed E-state index contributed by atoms with van der Waals surface area (Å²) < 4.78 is 5.76. The second-order valence-electron chi connectivity index (χ2n) is 4.66. The first-order valence-electron chi connectivity index (χ1n) is 6.30. The van der Waals surface area contributed by atoms with E-state index < -0.39 is 6.03 Å². The smallest absolute Gasteiger partial charge is 0.325 e. The Labute approximate surface area is 122 Å². The second-order valence-corrected chi connectivity index (χ2v) is 5.53.